The number of rotatable bonds is 5. The minimum absolute atomic E-state index is 0.00498. The van der Waals surface area contributed by atoms with Gasteiger partial charge in [0.05, 0.1) is 5.56 Å². The van der Waals surface area contributed by atoms with Gasteiger partial charge in [-0.25, -0.2) is 8.78 Å². The van der Waals surface area contributed by atoms with E-state index < -0.39 is 17.5 Å². The standard InChI is InChI=1S/C19H19F2NO/c1-13(15-7-8-15)22(12-14-5-3-2-4-6-14)19(23)17-11-16(20)9-10-18(17)21/h2-6,9-11,13,15H,7-8,12H2,1H3. The molecule has 1 unspecified atom stereocenters. The van der Waals surface area contributed by atoms with Crippen LogP contribution in [-0.2, 0) is 6.54 Å². The summed E-state index contributed by atoms with van der Waals surface area (Å²) in [4.78, 5) is 14.5. The van der Waals surface area contributed by atoms with Crippen LogP contribution in [-0.4, -0.2) is 16.8 Å². The van der Waals surface area contributed by atoms with Crippen molar-refractivity contribution in [2.45, 2.75) is 32.4 Å². The van der Waals surface area contributed by atoms with Crippen molar-refractivity contribution < 1.29 is 13.6 Å². The molecule has 3 rings (SSSR count). The molecule has 2 aromatic rings. The zero-order valence-electron chi connectivity index (χ0n) is 13.0. The van der Waals surface area contributed by atoms with Crippen LogP contribution in [0.25, 0.3) is 0 Å². The van der Waals surface area contributed by atoms with Crippen molar-refractivity contribution in [2.24, 2.45) is 5.92 Å². The molecule has 0 spiro atoms. The molecule has 0 bridgehead atoms. The molecule has 1 aliphatic carbocycles. The van der Waals surface area contributed by atoms with Gasteiger partial charge in [0, 0.05) is 12.6 Å². The number of benzene rings is 2. The van der Waals surface area contributed by atoms with E-state index >= 15 is 0 Å². The molecule has 1 atom stereocenters. The van der Waals surface area contributed by atoms with Crippen LogP contribution >= 0.6 is 0 Å². The molecule has 2 nitrogen and oxygen atoms in total. The molecule has 0 aromatic heterocycles. The van der Waals surface area contributed by atoms with E-state index in [1.54, 1.807) is 4.90 Å². The lowest BCUT2D eigenvalue weighted by Gasteiger charge is -2.30. The molecule has 0 N–H and O–H groups in total. The second-order valence-corrected chi connectivity index (χ2v) is 6.12. The summed E-state index contributed by atoms with van der Waals surface area (Å²) < 4.78 is 27.4. The fraction of sp³-hybridized carbons (Fsp3) is 0.316. The Hall–Kier alpha value is -2.23. The Kier molecular flexibility index (Phi) is 4.42. The van der Waals surface area contributed by atoms with Gasteiger partial charge in [-0.3, -0.25) is 4.79 Å². The van der Waals surface area contributed by atoms with E-state index in [1.165, 1.54) is 0 Å². The van der Waals surface area contributed by atoms with Gasteiger partial charge in [0.25, 0.3) is 5.91 Å². The van der Waals surface area contributed by atoms with Gasteiger partial charge in [-0.2, -0.15) is 0 Å². The quantitative estimate of drug-likeness (QED) is 0.800. The summed E-state index contributed by atoms with van der Waals surface area (Å²) in [5.41, 5.74) is 0.776. The van der Waals surface area contributed by atoms with E-state index in [0.717, 1.165) is 36.6 Å². The van der Waals surface area contributed by atoms with E-state index in [4.69, 9.17) is 0 Å². The first kappa shape index (κ1) is 15.7. The maximum Gasteiger partial charge on any atom is 0.257 e. The van der Waals surface area contributed by atoms with Crippen molar-refractivity contribution in [3.63, 3.8) is 0 Å². The lowest BCUT2D eigenvalue weighted by atomic mass is 10.1. The van der Waals surface area contributed by atoms with Crippen LogP contribution in [0.4, 0.5) is 8.78 Å². The number of hydrogen-bond acceptors (Lipinski definition) is 1. The third-order valence-corrected chi connectivity index (χ3v) is 4.41. The lowest BCUT2D eigenvalue weighted by Crippen LogP contribution is -2.39. The fourth-order valence-electron chi connectivity index (χ4n) is 2.83. The fourth-order valence-corrected chi connectivity index (χ4v) is 2.83. The summed E-state index contributed by atoms with van der Waals surface area (Å²) in [6.45, 7) is 2.38. The predicted molar refractivity (Wildman–Crippen MR) is 84.9 cm³/mol. The van der Waals surface area contributed by atoms with E-state index in [2.05, 4.69) is 0 Å². The van der Waals surface area contributed by atoms with Crippen molar-refractivity contribution in [1.82, 2.24) is 4.90 Å². The van der Waals surface area contributed by atoms with Crippen LogP contribution in [0.15, 0.2) is 48.5 Å². The van der Waals surface area contributed by atoms with E-state index in [1.807, 2.05) is 37.3 Å². The second kappa shape index (κ2) is 6.49. The maximum atomic E-state index is 14.0. The SMILES string of the molecule is CC(C1CC1)N(Cc1ccccc1)C(=O)c1cc(F)ccc1F. The molecule has 4 heteroatoms. The van der Waals surface area contributed by atoms with Gasteiger partial charge in [0.2, 0.25) is 0 Å². The summed E-state index contributed by atoms with van der Waals surface area (Å²) >= 11 is 0. The number of amides is 1. The molecular formula is C19H19F2NO. The van der Waals surface area contributed by atoms with Crippen molar-refractivity contribution in [2.75, 3.05) is 0 Å². The molecule has 0 radical (unpaired) electrons. The summed E-state index contributed by atoms with van der Waals surface area (Å²) in [5, 5.41) is 0. The van der Waals surface area contributed by atoms with Crippen LogP contribution in [0.5, 0.6) is 0 Å². The Labute approximate surface area is 134 Å². The van der Waals surface area contributed by atoms with Crippen LogP contribution in [0.3, 0.4) is 0 Å². The molecule has 2 aromatic carbocycles. The molecule has 1 amide bonds. The topological polar surface area (TPSA) is 20.3 Å². The average molecular weight is 315 g/mol. The number of nitrogens with zero attached hydrogens (tertiary/aromatic N) is 1. The second-order valence-electron chi connectivity index (χ2n) is 6.12. The first-order valence-electron chi connectivity index (χ1n) is 7.86. The Morgan fingerprint density at radius 2 is 1.87 bits per heavy atom. The largest absolute Gasteiger partial charge is 0.331 e. The van der Waals surface area contributed by atoms with Crippen molar-refractivity contribution in [1.29, 1.82) is 0 Å². The Bertz CT molecular complexity index is 698. The Morgan fingerprint density at radius 1 is 1.17 bits per heavy atom. The third-order valence-electron chi connectivity index (χ3n) is 4.41. The van der Waals surface area contributed by atoms with Crippen LogP contribution < -0.4 is 0 Å². The van der Waals surface area contributed by atoms with Crippen molar-refractivity contribution in [3.05, 3.63) is 71.3 Å². The van der Waals surface area contributed by atoms with E-state index in [0.29, 0.717) is 12.5 Å². The Balaban J connectivity index is 1.90. The number of carbonyl (C=O) groups is 1. The molecular weight excluding hydrogens is 296 g/mol. The van der Waals surface area contributed by atoms with Gasteiger partial charge in [0.1, 0.15) is 11.6 Å². The third kappa shape index (κ3) is 3.58. The summed E-state index contributed by atoms with van der Waals surface area (Å²) in [7, 11) is 0. The van der Waals surface area contributed by atoms with Crippen molar-refractivity contribution in [3.8, 4) is 0 Å². The minimum Gasteiger partial charge on any atom is -0.331 e. The summed E-state index contributed by atoms with van der Waals surface area (Å²) in [6, 6.07) is 12.6. The average Bonchev–Trinajstić information content (AvgIpc) is 3.39. The van der Waals surface area contributed by atoms with E-state index in [9.17, 15) is 13.6 Å². The number of carbonyl (C=O) groups excluding carboxylic acids is 1. The molecule has 120 valence electrons. The van der Waals surface area contributed by atoms with E-state index in [-0.39, 0.29) is 11.6 Å². The van der Waals surface area contributed by atoms with Crippen LogP contribution in [0.1, 0.15) is 35.7 Å². The first-order chi connectivity index (χ1) is 11.1. The highest BCUT2D eigenvalue weighted by Gasteiger charge is 2.35. The summed E-state index contributed by atoms with van der Waals surface area (Å²) in [5.74, 6) is -1.30. The lowest BCUT2D eigenvalue weighted by molar-refractivity contribution is 0.0649. The molecule has 0 saturated heterocycles. The molecule has 1 aliphatic rings. The minimum atomic E-state index is -0.683. The van der Waals surface area contributed by atoms with Crippen molar-refractivity contribution >= 4 is 5.91 Å². The Morgan fingerprint density at radius 3 is 2.52 bits per heavy atom. The maximum absolute atomic E-state index is 14.0. The highest BCUT2D eigenvalue weighted by molar-refractivity contribution is 5.94. The van der Waals surface area contributed by atoms with Gasteiger partial charge < -0.3 is 4.90 Å². The van der Waals surface area contributed by atoms with Gasteiger partial charge >= 0.3 is 0 Å². The highest BCUT2D eigenvalue weighted by Crippen LogP contribution is 2.36. The smallest absolute Gasteiger partial charge is 0.257 e. The molecule has 23 heavy (non-hydrogen) atoms. The van der Waals surface area contributed by atoms with Crippen LogP contribution in [0, 0.1) is 17.6 Å². The van der Waals surface area contributed by atoms with Gasteiger partial charge in [-0.15, -0.1) is 0 Å². The molecule has 1 fully saturated rings. The zero-order chi connectivity index (χ0) is 16.4. The first-order valence-corrected chi connectivity index (χ1v) is 7.86. The number of halogens is 2. The number of hydrogen-bond donors (Lipinski definition) is 0. The molecule has 1 saturated carbocycles. The van der Waals surface area contributed by atoms with Gasteiger partial charge in [-0.1, -0.05) is 30.3 Å². The zero-order valence-corrected chi connectivity index (χ0v) is 13.0. The normalized spacial score (nSPS) is 15.3. The van der Waals surface area contributed by atoms with Gasteiger partial charge in [-0.05, 0) is 49.4 Å². The summed E-state index contributed by atoms with van der Waals surface area (Å²) in [6.07, 6.45) is 2.15. The highest BCUT2D eigenvalue weighted by atomic mass is 19.1. The van der Waals surface area contributed by atoms with Crippen LogP contribution in [0.2, 0.25) is 0 Å². The molecule has 0 aliphatic heterocycles. The monoisotopic (exact) mass is 315 g/mol. The molecule has 0 heterocycles. The van der Waals surface area contributed by atoms with Gasteiger partial charge in [0.15, 0.2) is 0 Å². The predicted octanol–water partition coefficient (Wildman–Crippen LogP) is 4.41.